The van der Waals surface area contributed by atoms with Gasteiger partial charge in [0.25, 0.3) is 7.82 Å². The molecular weight excluding hydrogens is 718 g/mol. The molecule has 0 spiro atoms. The third kappa shape index (κ3) is 6.90. The molecule has 3 aromatic rings. The molecule has 0 bridgehead atoms. The summed E-state index contributed by atoms with van der Waals surface area (Å²) in [6, 6.07) is 10.6. The Kier molecular flexibility index (Phi) is 9.05. The van der Waals surface area contributed by atoms with Gasteiger partial charge in [-0.1, -0.05) is 12.1 Å². The van der Waals surface area contributed by atoms with Crippen molar-refractivity contribution in [3.05, 3.63) is 98.6 Å². The van der Waals surface area contributed by atoms with Gasteiger partial charge < -0.3 is 43.9 Å². The Hall–Kier alpha value is -4.43. The number of phosphoric ester groups is 2. The molecule has 1 atom stereocenters. The van der Waals surface area contributed by atoms with Crippen LogP contribution in [0.2, 0.25) is 0 Å². The van der Waals surface area contributed by atoms with Crippen LogP contribution < -0.4 is 29.7 Å². The Balaban J connectivity index is 1.73. The van der Waals surface area contributed by atoms with Gasteiger partial charge in [0, 0.05) is 54.6 Å². The second-order valence-electron chi connectivity index (χ2n) is 13.8. The van der Waals surface area contributed by atoms with Crippen LogP contribution >= 0.6 is 15.6 Å². The number of aromatic carboxylic acids is 2. The Morgan fingerprint density at radius 2 is 1.50 bits per heavy atom. The minimum Gasteiger partial charge on any atom is -0.756 e. The lowest BCUT2D eigenvalue weighted by Crippen LogP contribution is -2.47. The maximum atomic E-state index is 12.8. The number of hydrogen-bond acceptors (Lipinski definition) is 9. The normalized spacial score (nSPS) is 18.2. The third-order valence-electron chi connectivity index (χ3n) is 9.69. The Bertz CT molecular complexity index is 2390. The van der Waals surface area contributed by atoms with Crippen molar-refractivity contribution >= 4 is 50.0 Å². The number of anilines is 1. The third-order valence-corrected chi connectivity index (χ3v) is 10.6. The van der Waals surface area contributed by atoms with Crippen molar-refractivity contribution < 1.29 is 62.3 Å². The van der Waals surface area contributed by atoms with E-state index in [-0.39, 0.29) is 16.7 Å². The zero-order valence-electron chi connectivity index (χ0n) is 28.9. The minimum atomic E-state index is -5.12. The summed E-state index contributed by atoms with van der Waals surface area (Å²) >= 11 is 0. The molecule has 17 heteroatoms. The van der Waals surface area contributed by atoms with Gasteiger partial charge in [0.2, 0.25) is 5.36 Å². The molecule has 3 aromatic carbocycles. The lowest BCUT2D eigenvalue weighted by Gasteiger charge is -2.41. The highest BCUT2D eigenvalue weighted by atomic mass is 31.2. The van der Waals surface area contributed by atoms with E-state index in [1.54, 1.807) is 36.4 Å². The molecule has 0 amide bonds. The first-order valence-electron chi connectivity index (χ1n) is 15.8. The largest absolute Gasteiger partial charge is 0.756 e. The minimum absolute atomic E-state index is 0.135. The number of carboxylic acid groups (broad SMARTS) is 2. The van der Waals surface area contributed by atoms with Gasteiger partial charge >= 0.3 is 19.8 Å². The molecule has 274 valence electrons. The second kappa shape index (κ2) is 12.6. The summed E-state index contributed by atoms with van der Waals surface area (Å²) in [5, 5.41) is 21.1. The highest BCUT2D eigenvalue weighted by molar-refractivity contribution is 7.46. The van der Waals surface area contributed by atoms with Gasteiger partial charge in [0.05, 0.1) is 41.5 Å². The van der Waals surface area contributed by atoms with Gasteiger partial charge in [0.1, 0.15) is 18.5 Å². The molecule has 3 heterocycles. The van der Waals surface area contributed by atoms with Crippen LogP contribution in [0.1, 0.15) is 70.7 Å². The van der Waals surface area contributed by atoms with E-state index in [4.69, 9.17) is 13.8 Å². The van der Waals surface area contributed by atoms with Gasteiger partial charge in [0.15, 0.2) is 5.54 Å². The first-order valence-corrected chi connectivity index (χ1v) is 18.8. The van der Waals surface area contributed by atoms with Crippen LogP contribution in [0.15, 0.2) is 54.6 Å². The lowest BCUT2D eigenvalue weighted by atomic mass is 9.83. The van der Waals surface area contributed by atoms with Gasteiger partial charge in [-0.15, -0.1) is 0 Å². The van der Waals surface area contributed by atoms with Crippen LogP contribution in [0.5, 0.6) is 11.5 Å². The van der Waals surface area contributed by atoms with E-state index in [9.17, 15) is 48.5 Å². The van der Waals surface area contributed by atoms with Gasteiger partial charge in [-0.25, -0.2) is 18.7 Å². The van der Waals surface area contributed by atoms with E-state index in [0.717, 1.165) is 6.07 Å². The molecule has 6 rings (SSSR count). The van der Waals surface area contributed by atoms with Crippen LogP contribution in [-0.2, 0) is 18.2 Å². The fourth-order valence-corrected chi connectivity index (χ4v) is 7.37. The average Bonchev–Trinajstić information content (AvgIpc) is 3.03. The zero-order chi connectivity index (χ0) is 38.3. The van der Waals surface area contributed by atoms with E-state index in [2.05, 4.69) is 0 Å². The van der Waals surface area contributed by atoms with Gasteiger partial charge in [-0.3, -0.25) is 9.09 Å². The van der Waals surface area contributed by atoms with Crippen molar-refractivity contribution in [2.24, 2.45) is 0 Å². The number of benzene rings is 3. The topological polar surface area (TPSA) is 226 Å². The smallest absolute Gasteiger partial charge is 0.469 e. The van der Waals surface area contributed by atoms with E-state index in [1.807, 2.05) is 51.3 Å². The molecule has 0 saturated heterocycles. The summed E-state index contributed by atoms with van der Waals surface area (Å²) in [5.74, 6) is -2.12. The maximum Gasteiger partial charge on any atom is 0.469 e. The number of ether oxygens (including phenoxy) is 1. The number of carboxylic acids is 2. The second-order valence-corrected chi connectivity index (χ2v) is 16.3. The standard InChI is InChI=1S/C35H36N2O13P2/c1-34(2)14-19(16-48-51(42,43)44)22-10-25-29(12-27(22)36(34)5)50-30-13-28-23(20(17-49-52(45,46)47)15-35(3,4)37(28)6)11-26(30)31(25)21-8-7-18(32(38)39)9-24(21)33(40)41/h7-15H,16-17H2,1-6H3,(H5-,38,39,40,41,42,43,44,45,46,47). The van der Waals surface area contributed by atoms with Crippen LogP contribution in [0.4, 0.5) is 5.69 Å². The predicted octanol–water partition coefficient (Wildman–Crippen LogP) is 2.93. The van der Waals surface area contributed by atoms with Crippen molar-refractivity contribution in [3.63, 3.8) is 0 Å². The summed E-state index contributed by atoms with van der Waals surface area (Å²) in [7, 11) is -6.33. The molecule has 5 N–H and O–H groups in total. The Morgan fingerprint density at radius 1 is 0.846 bits per heavy atom. The fraction of sp³-hybridized carbons (Fsp3) is 0.286. The van der Waals surface area contributed by atoms with E-state index in [1.165, 1.54) is 12.1 Å². The summed E-state index contributed by atoms with van der Waals surface area (Å²) in [5.41, 5.74) is 1.43. The maximum absolute atomic E-state index is 12.8. The number of rotatable bonds is 9. The molecule has 52 heavy (non-hydrogen) atoms. The summed E-state index contributed by atoms with van der Waals surface area (Å²) in [6.45, 7) is 6.65. The fourth-order valence-electron chi connectivity index (χ4n) is 6.76. The highest BCUT2D eigenvalue weighted by Gasteiger charge is 2.37. The molecule has 0 fully saturated rings. The lowest BCUT2D eigenvalue weighted by molar-refractivity contribution is -0.218. The number of hydrogen-bond donors (Lipinski definition) is 5. The number of nitrogens with zero attached hydrogens (tertiary/aromatic N) is 2. The molecule has 0 aliphatic carbocycles. The quantitative estimate of drug-likeness (QED) is 0.122. The van der Waals surface area contributed by atoms with E-state index < -0.39 is 51.9 Å². The summed E-state index contributed by atoms with van der Waals surface area (Å²) in [6.07, 6.45) is 3.59. The molecule has 0 saturated carbocycles. The van der Waals surface area contributed by atoms with Crippen molar-refractivity contribution in [1.29, 1.82) is 0 Å². The van der Waals surface area contributed by atoms with Crippen LogP contribution in [-0.4, -0.2) is 75.2 Å². The molecule has 1 unspecified atom stereocenters. The monoisotopic (exact) mass is 754 g/mol. The van der Waals surface area contributed by atoms with E-state index >= 15 is 0 Å². The first-order chi connectivity index (χ1) is 24.0. The van der Waals surface area contributed by atoms with Crippen molar-refractivity contribution in [2.45, 2.75) is 38.8 Å². The molecule has 0 aromatic heterocycles. The van der Waals surface area contributed by atoms with E-state index in [0.29, 0.717) is 61.2 Å². The predicted molar refractivity (Wildman–Crippen MR) is 188 cm³/mol. The number of carbonyl (C=O) groups is 2. The SMILES string of the molecule is CN1c2cc3c(cc2C(COP(=O)(O)O)=CC1(C)C)C(c1ccc(C(=O)O)cc1C(=O)O)=c1cc2c(cc1O3)=[N+](C)C(C)(C)C=C2COP(=O)([O-])O. The van der Waals surface area contributed by atoms with Crippen LogP contribution in [0, 0.1) is 0 Å². The molecule has 0 radical (unpaired) electrons. The van der Waals surface area contributed by atoms with Crippen molar-refractivity contribution in [3.8, 4) is 11.5 Å². The zero-order valence-corrected chi connectivity index (χ0v) is 30.7. The first kappa shape index (κ1) is 37.3. The average molecular weight is 755 g/mol. The molecule has 15 nitrogen and oxygen atoms in total. The summed E-state index contributed by atoms with van der Waals surface area (Å²) in [4.78, 5) is 66.7. The van der Waals surface area contributed by atoms with Gasteiger partial charge in [-0.2, -0.15) is 0 Å². The molecule has 3 aliphatic heterocycles. The number of phosphoric acid groups is 2. The van der Waals surface area contributed by atoms with Crippen LogP contribution in [0.3, 0.4) is 0 Å². The Morgan fingerprint density at radius 3 is 2.12 bits per heavy atom. The van der Waals surface area contributed by atoms with Crippen LogP contribution in [0.25, 0.3) is 16.7 Å². The van der Waals surface area contributed by atoms with Crippen molar-refractivity contribution in [2.75, 3.05) is 32.2 Å². The number of likely N-dealkylation sites (N-methyl/N-ethyl adjacent to an activating group) is 2. The number of fused-ring (bicyclic) bond motifs is 4. The highest BCUT2D eigenvalue weighted by Crippen LogP contribution is 2.48. The van der Waals surface area contributed by atoms with Gasteiger partial charge in [-0.05, 0) is 60.9 Å². The molecule has 3 aliphatic rings. The Labute approximate surface area is 297 Å². The summed E-state index contributed by atoms with van der Waals surface area (Å²) < 4.78 is 41.7. The molecular formula is C35H36N2O13P2. The van der Waals surface area contributed by atoms with Crippen molar-refractivity contribution in [1.82, 2.24) is 4.58 Å².